The van der Waals surface area contributed by atoms with E-state index in [1.807, 2.05) is 52.8 Å². The second-order valence-corrected chi connectivity index (χ2v) is 11.7. The van der Waals surface area contributed by atoms with Crippen LogP contribution in [0.2, 0.25) is 0 Å². The lowest BCUT2D eigenvalue weighted by Gasteiger charge is -2.26. The highest BCUT2D eigenvalue weighted by Crippen LogP contribution is 2.38. The van der Waals surface area contributed by atoms with E-state index in [0.29, 0.717) is 53.8 Å². The van der Waals surface area contributed by atoms with Crippen molar-refractivity contribution in [2.75, 3.05) is 6.61 Å². The number of rotatable bonds is 5. The Hall–Kier alpha value is -3.52. The predicted octanol–water partition coefficient (Wildman–Crippen LogP) is 7.09. The standard InChI is InChI=1S/C33H35F3N2O3/c1-6-20-9-8-10-21(7-2)30(20)38-27-17-32(4,5)41-18-28(39)25(27)16-24(31(38)40)26-15-19(3)29(37-26)22-11-13-23(14-12-22)33(34,35)36/h8-14,16,19,29H,6-7,15,17-18H2,1-5H3. The van der Waals surface area contributed by atoms with Gasteiger partial charge in [0, 0.05) is 23.4 Å². The number of para-hydroxylation sites is 1. The molecule has 2 aliphatic heterocycles. The monoisotopic (exact) mass is 564 g/mol. The first-order valence-electron chi connectivity index (χ1n) is 14.2. The third-order valence-electron chi connectivity index (χ3n) is 8.22. The molecule has 0 saturated carbocycles. The Bertz CT molecular complexity index is 1560. The lowest BCUT2D eigenvalue weighted by molar-refractivity contribution is -0.137. The summed E-state index contributed by atoms with van der Waals surface area (Å²) < 4.78 is 47.1. The van der Waals surface area contributed by atoms with E-state index < -0.39 is 23.4 Å². The van der Waals surface area contributed by atoms with Gasteiger partial charge in [0.2, 0.25) is 0 Å². The Morgan fingerprint density at radius 1 is 1.00 bits per heavy atom. The zero-order valence-electron chi connectivity index (χ0n) is 24.1. The minimum atomic E-state index is -4.42. The molecule has 1 aromatic heterocycles. The Morgan fingerprint density at radius 2 is 1.63 bits per heavy atom. The summed E-state index contributed by atoms with van der Waals surface area (Å²) in [4.78, 5) is 32.8. The molecule has 0 N–H and O–H groups in total. The highest BCUT2D eigenvalue weighted by Gasteiger charge is 2.36. The van der Waals surface area contributed by atoms with E-state index in [-0.39, 0.29) is 23.9 Å². The molecule has 5 nitrogen and oxygen atoms in total. The first kappa shape index (κ1) is 29.0. The van der Waals surface area contributed by atoms with Crippen LogP contribution in [0.25, 0.3) is 5.69 Å². The van der Waals surface area contributed by atoms with Gasteiger partial charge >= 0.3 is 6.18 Å². The Balaban J connectivity index is 1.72. The first-order chi connectivity index (χ1) is 19.3. The summed E-state index contributed by atoms with van der Waals surface area (Å²) in [6.45, 7) is 9.81. The van der Waals surface area contributed by atoms with Crippen LogP contribution in [0, 0.1) is 5.92 Å². The summed E-state index contributed by atoms with van der Waals surface area (Å²) in [5, 5.41) is 0. The molecule has 0 radical (unpaired) electrons. The van der Waals surface area contributed by atoms with Gasteiger partial charge in [0.05, 0.1) is 28.5 Å². The van der Waals surface area contributed by atoms with E-state index in [0.717, 1.165) is 28.9 Å². The van der Waals surface area contributed by atoms with Crippen LogP contribution in [0.4, 0.5) is 13.2 Å². The average Bonchev–Trinajstić information content (AvgIpc) is 3.27. The van der Waals surface area contributed by atoms with Crippen LogP contribution in [-0.2, 0) is 30.2 Å². The molecule has 0 spiro atoms. The van der Waals surface area contributed by atoms with Crippen molar-refractivity contribution in [2.24, 2.45) is 10.9 Å². The third kappa shape index (κ3) is 5.42. The van der Waals surface area contributed by atoms with Crippen LogP contribution in [0.3, 0.4) is 0 Å². The third-order valence-corrected chi connectivity index (χ3v) is 8.22. The van der Waals surface area contributed by atoms with Crippen molar-refractivity contribution in [3.63, 3.8) is 0 Å². The molecule has 41 heavy (non-hydrogen) atoms. The number of ketones is 1. The Labute approximate surface area is 238 Å². The normalized spacial score (nSPS) is 20.5. The number of hydrogen-bond acceptors (Lipinski definition) is 4. The number of ether oxygens (including phenoxy) is 1. The van der Waals surface area contributed by atoms with E-state index in [1.165, 1.54) is 12.1 Å². The van der Waals surface area contributed by atoms with Crippen LogP contribution in [0.1, 0.15) is 91.0 Å². The molecule has 0 saturated heterocycles. The van der Waals surface area contributed by atoms with E-state index in [1.54, 1.807) is 10.6 Å². The van der Waals surface area contributed by atoms with Crippen molar-refractivity contribution >= 4 is 11.5 Å². The van der Waals surface area contributed by atoms with Crippen LogP contribution in [0.15, 0.2) is 58.3 Å². The van der Waals surface area contributed by atoms with Gasteiger partial charge in [-0.3, -0.25) is 19.1 Å². The van der Waals surface area contributed by atoms with Gasteiger partial charge in [-0.25, -0.2) is 0 Å². The Kier molecular flexibility index (Phi) is 7.57. The summed E-state index contributed by atoms with van der Waals surface area (Å²) in [6.07, 6.45) is -2.17. The topological polar surface area (TPSA) is 60.7 Å². The van der Waals surface area contributed by atoms with Crippen molar-refractivity contribution in [3.05, 3.63) is 98.0 Å². The predicted molar refractivity (Wildman–Crippen MR) is 153 cm³/mol. The zero-order chi connectivity index (χ0) is 29.7. The van der Waals surface area contributed by atoms with Crippen LogP contribution < -0.4 is 5.56 Å². The first-order valence-corrected chi connectivity index (χ1v) is 14.2. The highest BCUT2D eigenvalue weighted by molar-refractivity contribution is 6.05. The van der Waals surface area contributed by atoms with Gasteiger partial charge in [0.25, 0.3) is 5.56 Å². The maximum Gasteiger partial charge on any atom is 0.416 e. The van der Waals surface area contributed by atoms with Gasteiger partial charge in [-0.05, 0) is 73.9 Å². The smallest absolute Gasteiger partial charge is 0.367 e. The molecule has 8 heteroatoms. The second-order valence-electron chi connectivity index (χ2n) is 11.7. The van der Waals surface area contributed by atoms with E-state index in [2.05, 4.69) is 0 Å². The molecular formula is C33H35F3N2O3. The van der Waals surface area contributed by atoms with Crippen LogP contribution >= 0.6 is 0 Å². The quantitative estimate of drug-likeness (QED) is 0.333. The fraction of sp³-hybridized carbons (Fsp3) is 0.424. The molecule has 3 heterocycles. The largest absolute Gasteiger partial charge is 0.416 e. The number of aromatic nitrogens is 1. The molecule has 3 aromatic rings. The molecule has 2 unspecified atom stereocenters. The minimum absolute atomic E-state index is 0.0412. The van der Waals surface area contributed by atoms with Crippen LogP contribution in [0.5, 0.6) is 0 Å². The summed E-state index contributed by atoms with van der Waals surface area (Å²) in [5.74, 6) is -0.237. The number of nitrogens with zero attached hydrogens (tertiary/aromatic N) is 2. The van der Waals surface area contributed by atoms with Crippen molar-refractivity contribution in [1.29, 1.82) is 0 Å². The fourth-order valence-corrected chi connectivity index (χ4v) is 6.02. The van der Waals surface area contributed by atoms with E-state index in [4.69, 9.17) is 9.73 Å². The average molecular weight is 565 g/mol. The summed E-state index contributed by atoms with van der Waals surface area (Å²) >= 11 is 0. The van der Waals surface area contributed by atoms with Gasteiger partial charge < -0.3 is 4.74 Å². The van der Waals surface area contributed by atoms with Crippen molar-refractivity contribution in [3.8, 4) is 5.69 Å². The van der Waals surface area contributed by atoms with Gasteiger partial charge in [0.1, 0.15) is 6.61 Å². The molecule has 2 aromatic carbocycles. The van der Waals surface area contributed by atoms with Gasteiger partial charge in [-0.15, -0.1) is 0 Å². The second kappa shape index (κ2) is 10.7. The van der Waals surface area contributed by atoms with E-state index in [9.17, 15) is 22.8 Å². The maximum absolute atomic E-state index is 14.5. The maximum atomic E-state index is 14.5. The number of carbonyl (C=O) groups excluding carboxylic acids is 1. The van der Waals surface area contributed by atoms with E-state index >= 15 is 0 Å². The highest BCUT2D eigenvalue weighted by atomic mass is 19.4. The number of fused-ring (bicyclic) bond motifs is 1. The number of alkyl halides is 3. The van der Waals surface area contributed by atoms with Crippen molar-refractivity contribution in [2.45, 2.75) is 78.1 Å². The van der Waals surface area contributed by atoms with Gasteiger partial charge in [0.15, 0.2) is 5.78 Å². The molecule has 216 valence electrons. The molecule has 2 atom stereocenters. The van der Waals surface area contributed by atoms with Gasteiger partial charge in [-0.2, -0.15) is 13.2 Å². The number of benzene rings is 2. The SMILES string of the molecule is CCc1cccc(CC)c1-n1c2c(cc(C3=NC(c4ccc(C(F)(F)F)cc4)C(C)C3)c1=O)C(=O)COC(C)(C)C2. The number of Topliss-reactive ketones (excluding diaryl/α,β-unsaturated/α-hetero) is 1. The number of pyridine rings is 1. The van der Waals surface area contributed by atoms with Crippen molar-refractivity contribution < 1.29 is 22.7 Å². The number of halogens is 3. The Morgan fingerprint density at radius 3 is 2.22 bits per heavy atom. The van der Waals surface area contributed by atoms with Crippen LogP contribution in [-0.4, -0.2) is 28.3 Å². The molecule has 5 rings (SSSR count). The number of aliphatic imine (C=N–C) groups is 1. The lowest BCUT2D eigenvalue weighted by atomic mass is 9.91. The zero-order valence-corrected chi connectivity index (χ0v) is 24.1. The summed E-state index contributed by atoms with van der Waals surface area (Å²) in [5.41, 5.74) is 3.86. The lowest BCUT2D eigenvalue weighted by Crippen LogP contribution is -2.34. The molecule has 0 aliphatic carbocycles. The fourth-order valence-electron chi connectivity index (χ4n) is 6.02. The molecule has 2 aliphatic rings. The molecular weight excluding hydrogens is 529 g/mol. The summed E-state index contributed by atoms with van der Waals surface area (Å²) in [6, 6.07) is 12.3. The summed E-state index contributed by atoms with van der Waals surface area (Å²) in [7, 11) is 0. The minimum Gasteiger partial charge on any atom is -0.367 e. The van der Waals surface area contributed by atoms with Crippen molar-refractivity contribution in [1.82, 2.24) is 4.57 Å². The number of hydrogen-bond donors (Lipinski definition) is 0. The molecule has 0 amide bonds. The number of carbonyl (C=O) groups is 1. The molecule has 0 bridgehead atoms. The number of aryl methyl sites for hydroxylation is 2. The van der Waals surface area contributed by atoms with Gasteiger partial charge in [-0.1, -0.05) is 51.1 Å². The molecule has 0 fully saturated rings.